The molecule has 0 fully saturated rings. The Labute approximate surface area is 157 Å². The molecule has 5 rings (SSSR count). The number of aryl methyl sites for hydroxylation is 1. The summed E-state index contributed by atoms with van der Waals surface area (Å²) in [5.74, 6) is 1.85. The first-order valence-corrected chi connectivity index (χ1v) is 9.16. The molecular formula is C21H20N6. The lowest BCUT2D eigenvalue weighted by Crippen LogP contribution is -2.31. The highest BCUT2D eigenvalue weighted by atomic mass is 15.2. The molecule has 6 heteroatoms. The van der Waals surface area contributed by atoms with Crippen molar-refractivity contribution in [1.29, 1.82) is 0 Å². The summed E-state index contributed by atoms with van der Waals surface area (Å²) in [6.45, 7) is 2.65. The van der Waals surface area contributed by atoms with Crippen LogP contribution >= 0.6 is 0 Å². The van der Waals surface area contributed by atoms with Crippen LogP contribution in [0.15, 0.2) is 55.0 Å². The lowest BCUT2D eigenvalue weighted by molar-refractivity contribution is 0.235. The zero-order valence-electron chi connectivity index (χ0n) is 15.2. The van der Waals surface area contributed by atoms with Gasteiger partial charge in [0, 0.05) is 56.3 Å². The fourth-order valence-electron chi connectivity index (χ4n) is 3.68. The number of nitrogens with zero attached hydrogens (tertiary/aromatic N) is 6. The SMILES string of the molecule is Cn1c(CN2CCc3nc(-c4cccnc4)ncc3C2)nc2ccccc21. The van der Waals surface area contributed by atoms with E-state index in [2.05, 4.69) is 44.7 Å². The zero-order chi connectivity index (χ0) is 18.2. The van der Waals surface area contributed by atoms with Crippen molar-refractivity contribution in [3.63, 3.8) is 0 Å². The summed E-state index contributed by atoms with van der Waals surface area (Å²) < 4.78 is 2.19. The predicted molar refractivity (Wildman–Crippen MR) is 104 cm³/mol. The lowest BCUT2D eigenvalue weighted by Gasteiger charge is -2.27. The van der Waals surface area contributed by atoms with Crippen molar-refractivity contribution in [2.45, 2.75) is 19.5 Å². The van der Waals surface area contributed by atoms with Gasteiger partial charge in [0.05, 0.1) is 23.3 Å². The molecule has 0 saturated carbocycles. The summed E-state index contributed by atoms with van der Waals surface area (Å²) in [7, 11) is 2.09. The second-order valence-corrected chi connectivity index (χ2v) is 6.94. The van der Waals surface area contributed by atoms with Gasteiger partial charge in [0.2, 0.25) is 0 Å². The van der Waals surface area contributed by atoms with Crippen LogP contribution in [0.2, 0.25) is 0 Å². The average molecular weight is 356 g/mol. The molecule has 0 bridgehead atoms. The number of rotatable bonds is 3. The van der Waals surface area contributed by atoms with Crippen molar-refractivity contribution in [2.24, 2.45) is 7.05 Å². The van der Waals surface area contributed by atoms with Crippen LogP contribution < -0.4 is 0 Å². The van der Waals surface area contributed by atoms with Gasteiger partial charge in [-0.1, -0.05) is 12.1 Å². The van der Waals surface area contributed by atoms with Gasteiger partial charge in [-0.25, -0.2) is 15.0 Å². The molecule has 1 aliphatic rings. The highest BCUT2D eigenvalue weighted by Crippen LogP contribution is 2.22. The molecule has 0 radical (unpaired) electrons. The van der Waals surface area contributed by atoms with Gasteiger partial charge in [0.25, 0.3) is 0 Å². The van der Waals surface area contributed by atoms with E-state index in [1.54, 1.807) is 6.20 Å². The molecule has 27 heavy (non-hydrogen) atoms. The molecule has 0 saturated heterocycles. The van der Waals surface area contributed by atoms with Gasteiger partial charge in [0.15, 0.2) is 5.82 Å². The van der Waals surface area contributed by atoms with Crippen molar-refractivity contribution in [1.82, 2.24) is 29.4 Å². The Bertz CT molecular complexity index is 1100. The fourth-order valence-corrected chi connectivity index (χ4v) is 3.68. The van der Waals surface area contributed by atoms with E-state index >= 15 is 0 Å². The fraction of sp³-hybridized carbons (Fsp3) is 0.238. The van der Waals surface area contributed by atoms with Crippen LogP contribution in [0.25, 0.3) is 22.4 Å². The van der Waals surface area contributed by atoms with Gasteiger partial charge in [-0.05, 0) is 24.3 Å². The maximum atomic E-state index is 4.80. The van der Waals surface area contributed by atoms with Crippen LogP contribution in [0.1, 0.15) is 17.1 Å². The molecule has 134 valence electrons. The molecule has 0 amide bonds. The number of hydrogen-bond acceptors (Lipinski definition) is 5. The van der Waals surface area contributed by atoms with Crippen molar-refractivity contribution in [3.05, 3.63) is 72.1 Å². The smallest absolute Gasteiger partial charge is 0.160 e. The van der Waals surface area contributed by atoms with E-state index < -0.39 is 0 Å². The average Bonchev–Trinajstić information content (AvgIpc) is 3.04. The molecular weight excluding hydrogens is 336 g/mol. The van der Waals surface area contributed by atoms with Gasteiger partial charge in [0.1, 0.15) is 5.82 Å². The third kappa shape index (κ3) is 2.98. The predicted octanol–water partition coefficient (Wildman–Crippen LogP) is 2.98. The van der Waals surface area contributed by atoms with Crippen molar-refractivity contribution < 1.29 is 0 Å². The molecule has 0 atom stereocenters. The first-order chi connectivity index (χ1) is 13.3. The molecule has 0 unspecified atom stereocenters. The lowest BCUT2D eigenvalue weighted by atomic mass is 10.1. The van der Waals surface area contributed by atoms with Gasteiger partial charge in [-0.3, -0.25) is 9.88 Å². The summed E-state index contributed by atoms with van der Waals surface area (Å²) in [5.41, 5.74) is 5.53. The quantitative estimate of drug-likeness (QED) is 0.565. The van der Waals surface area contributed by atoms with Crippen LogP contribution in [-0.2, 0) is 26.6 Å². The molecule has 0 aliphatic carbocycles. The number of imidazole rings is 1. The highest BCUT2D eigenvalue weighted by molar-refractivity contribution is 5.75. The van der Waals surface area contributed by atoms with Gasteiger partial charge >= 0.3 is 0 Å². The summed E-state index contributed by atoms with van der Waals surface area (Å²) in [5, 5.41) is 0. The largest absolute Gasteiger partial charge is 0.330 e. The summed E-state index contributed by atoms with van der Waals surface area (Å²) >= 11 is 0. The van der Waals surface area contributed by atoms with E-state index in [-0.39, 0.29) is 0 Å². The van der Waals surface area contributed by atoms with E-state index in [0.717, 1.165) is 54.5 Å². The standard InChI is InChI=1S/C21H20N6/c1-26-19-7-3-2-6-18(19)24-20(26)14-27-10-8-17-16(13-27)12-23-21(25-17)15-5-4-9-22-11-15/h2-7,9,11-12H,8,10,13-14H2,1H3. The topological polar surface area (TPSA) is 59.7 Å². The molecule has 0 spiro atoms. The minimum Gasteiger partial charge on any atom is -0.330 e. The molecule has 3 aromatic heterocycles. The maximum absolute atomic E-state index is 4.80. The Morgan fingerprint density at radius 2 is 1.96 bits per heavy atom. The van der Waals surface area contributed by atoms with Crippen molar-refractivity contribution in [2.75, 3.05) is 6.54 Å². The van der Waals surface area contributed by atoms with Crippen LogP contribution in [0.4, 0.5) is 0 Å². The number of benzene rings is 1. The summed E-state index contributed by atoms with van der Waals surface area (Å²) in [4.78, 5) is 20.7. The Morgan fingerprint density at radius 1 is 1.04 bits per heavy atom. The Morgan fingerprint density at radius 3 is 2.81 bits per heavy atom. The maximum Gasteiger partial charge on any atom is 0.160 e. The first-order valence-electron chi connectivity index (χ1n) is 9.16. The van der Waals surface area contributed by atoms with Crippen LogP contribution in [0.3, 0.4) is 0 Å². The normalized spacial score (nSPS) is 14.4. The van der Waals surface area contributed by atoms with E-state index in [1.807, 2.05) is 30.6 Å². The molecule has 1 aliphatic heterocycles. The number of para-hydroxylation sites is 2. The molecule has 0 N–H and O–H groups in total. The molecule has 1 aromatic carbocycles. The second-order valence-electron chi connectivity index (χ2n) is 6.94. The van der Waals surface area contributed by atoms with Gasteiger partial charge in [-0.2, -0.15) is 0 Å². The third-order valence-electron chi connectivity index (χ3n) is 5.18. The van der Waals surface area contributed by atoms with E-state index in [0.29, 0.717) is 0 Å². The number of aromatic nitrogens is 5. The van der Waals surface area contributed by atoms with E-state index in [4.69, 9.17) is 9.97 Å². The monoisotopic (exact) mass is 356 g/mol. The van der Waals surface area contributed by atoms with Crippen LogP contribution in [-0.4, -0.2) is 35.9 Å². The summed E-state index contributed by atoms with van der Waals surface area (Å²) in [6.07, 6.45) is 6.46. The van der Waals surface area contributed by atoms with Crippen molar-refractivity contribution in [3.8, 4) is 11.4 Å². The summed E-state index contributed by atoms with van der Waals surface area (Å²) in [6, 6.07) is 12.2. The first kappa shape index (κ1) is 16.1. The van der Waals surface area contributed by atoms with E-state index in [1.165, 1.54) is 11.1 Å². The van der Waals surface area contributed by atoms with E-state index in [9.17, 15) is 0 Å². The van der Waals surface area contributed by atoms with Gasteiger partial charge in [-0.15, -0.1) is 0 Å². The molecule has 6 nitrogen and oxygen atoms in total. The minimum atomic E-state index is 0.755. The number of hydrogen-bond donors (Lipinski definition) is 0. The van der Waals surface area contributed by atoms with Gasteiger partial charge < -0.3 is 4.57 Å². The Kier molecular flexibility index (Phi) is 3.90. The molecule has 4 aromatic rings. The van der Waals surface area contributed by atoms with Crippen molar-refractivity contribution >= 4 is 11.0 Å². The second kappa shape index (κ2) is 6.55. The number of fused-ring (bicyclic) bond motifs is 2. The van der Waals surface area contributed by atoms with Crippen LogP contribution in [0.5, 0.6) is 0 Å². The zero-order valence-corrected chi connectivity index (χ0v) is 15.2. The molecule has 4 heterocycles. The third-order valence-corrected chi connectivity index (χ3v) is 5.18. The number of pyridine rings is 1. The Balaban J connectivity index is 1.37. The van der Waals surface area contributed by atoms with Crippen LogP contribution in [0, 0.1) is 0 Å². The minimum absolute atomic E-state index is 0.755. The highest BCUT2D eigenvalue weighted by Gasteiger charge is 2.20. The Hall–Kier alpha value is -3.12.